The van der Waals surface area contributed by atoms with E-state index in [1.54, 1.807) is 6.07 Å². The second-order valence-electron chi connectivity index (χ2n) is 3.66. The first kappa shape index (κ1) is 14.5. The molecule has 0 radical (unpaired) electrons. The molecule has 0 aliphatic carbocycles. The maximum atomic E-state index is 10.2. The number of nitriles is 1. The average molecular weight is 312 g/mol. The Hall–Kier alpha value is -1.58. The molecule has 6 heteroatoms. The number of rotatable bonds is 6. The number of benzene rings is 1. The summed E-state index contributed by atoms with van der Waals surface area (Å²) in [6.07, 6.45) is -0.176. The van der Waals surface area contributed by atoms with Crippen molar-refractivity contribution in [1.82, 2.24) is 10.6 Å². The number of carboxylic acid groups (broad SMARTS) is 1. The zero-order chi connectivity index (χ0) is 13.4. The van der Waals surface area contributed by atoms with Gasteiger partial charge >= 0.3 is 6.09 Å². The van der Waals surface area contributed by atoms with E-state index >= 15 is 0 Å². The lowest BCUT2D eigenvalue weighted by atomic mass is 10.1. The minimum absolute atomic E-state index is 0.395. The zero-order valence-corrected chi connectivity index (χ0v) is 11.3. The summed E-state index contributed by atoms with van der Waals surface area (Å²) in [5.41, 5.74) is 1.75. The van der Waals surface area contributed by atoms with Crippen LogP contribution in [-0.4, -0.2) is 30.8 Å². The molecule has 0 heterocycles. The first-order valence-electron chi connectivity index (χ1n) is 5.49. The summed E-state index contributed by atoms with van der Waals surface area (Å²) >= 11 is 3.34. The molecule has 0 fully saturated rings. The van der Waals surface area contributed by atoms with Crippen LogP contribution in [0.4, 0.5) is 4.79 Å². The number of amides is 1. The van der Waals surface area contributed by atoms with Crippen LogP contribution in [0.2, 0.25) is 0 Å². The fourth-order valence-electron chi connectivity index (χ4n) is 1.42. The lowest BCUT2D eigenvalue weighted by Crippen LogP contribution is -2.31. The SMILES string of the molecule is N#Cc1ccc(CCNCCNC(=O)O)cc1Br. The molecule has 0 saturated carbocycles. The van der Waals surface area contributed by atoms with Gasteiger partial charge in [0.2, 0.25) is 0 Å². The van der Waals surface area contributed by atoms with Gasteiger partial charge in [-0.15, -0.1) is 0 Å². The van der Waals surface area contributed by atoms with Gasteiger partial charge in [0.1, 0.15) is 6.07 Å². The number of nitrogens with zero attached hydrogens (tertiary/aromatic N) is 1. The Morgan fingerprint density at radius 1 is 1.39 bits per heavy atom. The highest BCUT2D eigenvalue weighted by molar-refractivity contribution is 9.10. The van der Waals surface area contributed by atoms with Gasteiger partial charge in [0, 0.05) is 17.6 Å². The predicted molar refractivity (Wildman–Crippen MR) is 71.5 cm³/mol. The van der Waals surface area contributed by atoms with E-state index < -0.39 is 6.09 Å². The fraction of sp³-hybridized carbons (Fsp3) is 0.333. The van der Waals surface area contributed by atoms with Gasteiger partial charge < -0.3 is 15.7 Å². The van der Waals surface area contributed by atoms with Crippen LogP contribution in [0.15, 0.2) is 22.7 Å². The average Bonchev–Trinajstić information content (AvgIpc) is 2.33. The number of hydrogen-bond acceptors (Lipinski definition) is 3. The molecule has 1 aromatic rings. The molecule has 5 nitrogen and oxygen atoms in total. The summed E-state index contributed by atoms with van der Waals surface area (Å²) in [7, 11) is 0. The zero-order valence-electron chi connectivity index (χ0n) is 9.74. The molecule has 0 unspecified atom stereocenters. The van der Waals surface area contributed by atoms with Crippen LogP contribution in [0.3, 0.4) is 0 Å². The maximum absolute atomic E-state index is 10.2. The van der Waals surface area contributed by atoms with Crippen molar-refractivity contribution in [2.75, 3.05) is 19.6 Å². The smallest absolute Gasteiger partial charge is 0.404 e. The van der Waals surface area contributed by atoms with Crippen LogP contribution in [0, 0.1) is 11.3 Å². The normalized spacial score (nSPS) is 9.78. The first-order valence-corrected chi connectivity index (χ1v) is 6.29. The van der Waals surface area contributed by atoms with E-state index in [4.69, 9.17) is 10.4 Å². The second-order valence-corrected chi connectivity index (χ2v) is 4.51. The molecule has 0 spiro atoms. The van der Waals surface area contributed by atoms with Crippen LogP contribution in [0.5, 0.6) is 0 Å². The largest absolute Gasteiger partial charge is 0.465 e. The second kappa shape index (κ2) is 7.69. The first-order chi connectivity index (χ1) is 8.63. The number of carbonyl (C=O) groups is 1. The fourth-order valence-corrected chi connectivity index (χ4v) is 1.94. The summed E-state index contributed by atoms with van der Waals surface area (Å²) in [5, 5.41) is 22.5. The Bertz CT molecular complexity index is 457. The Morgan fingerprint density at radius 3 is 2.78 bits per heavy atom. The highest BCUT2D eigenvalue weighted by Crippen LogP contribution is 2.17. The minimum Gasteiger partial charge on any atom is -0.465 e. The van der Waals surface area contributed by atoms with Crippen molar-refractivity contribution < 1.29 is 9.90 Å². The maximum Gasteiger partial charge on any atom is 0.404 e. The lowest BCUT2D eigenvalue weighted by molar-refractivity contribution is 0.194. The molecule has 0 atom stereocenters. The van der Waals surface area contributed by atoms with Gasteiger partial charge in [0.15, 0.2) is 0 Å². The van der Waals surface area contributed by atoms with E-state index in [0.717, 1.165) is 23.0 Å². The van der Waals surface area contributed by atoms with E-state index in [9.17, 15) is 4.79 Å². The number of halogens is 1. The Balaban J connectivity index is 2.26. The summed E-state index contributed by atoms with van der Waals surface area (Å²) < 4.78 is 0.801. The van der Waals surface area contributed by atoms with E-state index in [-0.39, 0.29) is 0 Å². The van der Waals surface area contributed by atoms with Gasteiger partial charge in [0.05, 0.1) is 5.56 Å². The summed E-state index contributed by atoms with van der Waals surface area (Å²) in [5.74, 6) is 0. The molecule has 3 N–H and O–H groups in total. The highest BCUT2D eigenvalue weighted by Gasteiger charge is 2.00. The molecule has 1 rings (SSSR count). The topological polar surface area (TPSA) is 85.2 Å². The molecule has 0 bridgehead atoms. The van der Waals surface area contributed by atoms with Gasteiger partial charge in [-0.1, -0.05) is 6.07 Å². The third kappa shape index (κ3) is 5.17. The quantitative estimate of drug-likeness (QED) is 0.698. The highest BCUT2D eigenvalue weighted by atomic mass is 79.9. The van der Waals surface area contributed by atoms with Gasteiger partial charge in [-0.2, -0.15) is 5.26 Å². The molecule has 96 valence electrons. The molecule has 18 heavy (non-hydrogen) atoms. The van der Waals surface area contributed by atoms with Crippen LogP contribution in [0.1, 0.15) is 11.1 Å². The monoisotopic (exact) mass is 311 g/mol. The summed E-state index contributed by atoms with van der Waals surface area (Å²) in [6.45, 7) is 1.76. The number of hydrogen-bond donors (Lipinski definition) is 3. The Morgan fingerprint density at radius 2 is 2.17 bits per heavy atom. The van der Waals surface area contributed by atoms with Crippen molar-refractivity contribution in [3.05, 3.63) is 33.8 Å². The van der Waals surface area contributed by atoms with Crippen molar-refractivity contribution in [3.63, 3.8) is 0 Å². The summed E-state index contributed by atoms with van der Waals surface area (Å²) in [4.78, 5) is 10.2. The van der Waals surface area contributed by atoms with Crippen molar-refractivity contribution in [2.45, 2.75) is 6.42 Å². The standard InChI is InChI=1S/C12H14BrN3O2/c13-11-7-9(1-2-10(11)8-14)3-4-15-5-6-16-12(17)18/h1-2,7,15-16H,3-6H2,(H,17,18). The van der Waals surface area contributed by atoms with E-state index in [1.165, 1.54) is 0 Å². The third-order valence-electron chi connectivity index (χ3n) is 2.32. The van der Waals surface area contributed by atoms with E-state index in [0.29, 0.717) is 18.7 Å². The van der Waals surface area contributed by atoms with Gasteiger partial charge in [-0.05, 0) is 46.6 Å². The van der Waals surface area contributed by atoms with Gasteiger partial charge in [0.25, 0.3) is 0 Å². The van der Waals surface area contributed by atoms with Crippen LogP contribution < -0.4 is 10.6 Å². The van der Waals surface area contributed by atoms with Crippen LogP contribution in [0.25, 0.3) is 0 Å². The van der Waals surface area contributed by atoms with Crippen molar-refractivity contribution >= 4 is 22.0 Å². The molecule has 1 amide bonds. The Kier molecular flexibility index (Phi) is 6.19. The molecular weight excluding hydrogens is 298 g/mol. The van der Waals surface area contributed by atoms with Crippen LogP contribution in [-0.2, 0) is 6.42 Å². The predicted octanol–water partition coefficient (Wildman–Crippen LogP) is 1.72. The lowest BCUT2D eigenvalue weighted by Gasteiger charge is -2.06. The van der Waals surface area contributed by atoms with E-state index in [1.807, 2.05) is 12.1 Å². The molecule has 0 aromatic heterocycles. The van der Waals surface area contributed by atoms with Gasteiger partial charge in [-0.25, -0.2) is 4.79 Å². The summed E-state index contributed by atoms with van der Waals surface area (Å²) in [6, 6.07) is 7.72. The van der Waals surface area contributed by atoms with Crippen LogP contribution >= 0.6 is 15.9 Å². The molecule has 0 saturated heterocycles. The van der Waals surface area contributed by atoms with Crippen molar-refractivity contribution in [2.24, 2.45) is 0 Å². The molecular formula is C12H14BrN3O2. The number of nitrogens with one attached hydrogen (secondary N) is 2. The van der Waals surface area contributed by atoms with Crippen molar-refractivity contribution in [1.29, 1.82) is 5.26 Å². The molecule has 1 aromatic carbocycles. The molecule has 0 aliphatic heterocycles. The van der Waals surface area contributed by atoms with Crippen molar-refractivity contribution in [3.8, 4) is 6.07 Å². The van der Waals surface area contributed by atoms with Gasteiger partial charge in [-0.3, -0.25) is 0 Å². The van der Waals surface area contributed by atoms with E-state index in [2.05, 4.69) is 32.6 Å². The minimum atomic E-state index is -1.01. The third-order valence-corrected chi connectivity index (χ3v) is 2.98. The Labute approximate surface area is 114 Å². The molecule has 0 aliphatic rings.